The Morgan fingerprint density at radius 1 is 1.40 bits per heavy atom. The van der Waals surface area contributed by atoms with E-state index in [1.807, 2.05) is 12.1 Å². The number of nitrogens with one attached hydrogen (secondary N) is 1. The third kappa shape index (κ3) is 2.32. The number of hydrogen-bond acceptors (Lipinski definition) is 5. The molecule has 20 heavy (non-hydrogen) atoms. The van der Waals surface area contributed by atoms with Crippen molar-refractivity contribution in [2.75, 3.05) is 0 Å². The minimum Gasteiger partial charge on any atom is -0.508 e. The molecule has 1 heterocycles. The lowest BCUT2D eigenvalue weighted by molar-refractivity contribution is -0.122. The highest BCUT2D eigenvalue weighted by atomic mass is 16.3. The van der Waals surface area contributed by atoms with Crippen molar-refractivity contribution in [1.29, 1.82) is 10.5 Å². The molecule has 0 aliphatic carbocycles. The topological polar surface area (TPSA) is 109 Å². The van der Waals surface area contributed by atoms with Gasteiger partial charge >= 0.3 is 0 Å². The third-order valence-corrected chi connectivity index (χ3v) is 3.33. The maximum Gasteiger partial charge on any atom is 0.249 e. The molecule has 0 bridgehead atoms. The molecule has 6 heteroatoms. The largest absolute Gasteiger partial charge is 0.508 e. The number of hydrazone groups is 1. The molecule has 1 aliphatic heterocycles. The van der Waals surface area contributed by atoms with E-state index >= 15 is 0 Å². The van der Waals surface area contributed by atoms with Crippen LogP contribution in [-0.2, 0) is 4.79 Å². The van der Waals surface area contributed by atoms with Gasteiger partial charge in [-0.3, -0.25) is 4.79 Å². The van der Waals surface area contributed by atoms with E-state index in [1.165, 1.54) is 12.1 Å². The molecule has 100 valence electrons. The van der Waals surface area contributed by atoms with E-state index in [-0.39, 0.29) is 11.7 Å². The Balaban J connectivity index is 2.52. The number of nitrogens with zero attached hydrogens (tertiary/aromatic N) is 3. The van der Waals surface area contributed by atoms with Gasteiger partial charge in [0.15, 0.2) is 0 Å². The van der Waals surface area contributed by atoms with Crippen LogP contribution >= 0.6 is 0 Å². The van der Waals surface area contributed by atoms with E-state index in [2.05, 4.69) is 10.5 Å². The van der Waals surface area contributed by atoms with Crippen LogP contribution in [0.4, 0.5) is 0 Å². The first kappa shape index (κ1) is 13.6. The van der Waals surface area contributed by atoms with Crippen LogP contribution in [0.3, 0.4) is 0 Å². The number of rotatable bonds is 3. The van der Waals surface area contributed by atoms with Gasteiger partial charge in [-0.15, -0.1) is 0 Å². The Bertz CT molecular complexity index is 640. The third-order valence-electron chi connectivity index (χ3n) is 3.33. The highest BCUT2D eigenvalue weighted by Gasteiger charge is 2.40. The van der Waals surface area contributed by atoms with Gasteiger partial charge in [0.05, 0.1) is 18.1 Å². The fourth-order valence-electron chi connectivity index (χ4n) is 2.39. The van der Waals surface area contributed by atoms with Gasteiger partial charge in [0.2, 0.25) is 5.91 Å². The number of benzene rings is 1. The Hall–Kier alpha value is -2.86. The number of hydrogen-bond donors (Lipinski definition) is 2. The number of nitriles is 2. The quantitative estimate of drug-likeness (QED) is 0.859. The number of carbonyl (C=O) groups is 1. The van der Waals surface area contributed by atoms with Crippen LogP contribution < -0.4 is 5.43 Å². The first-order chi connectivity index (χ1) is 9.58. The zero-order valence-electron chi connectivity index (χ0n) is 10.7. The van der Waals surface area contributed by atoms with Crippen LogP contribution in [0.25, 0.3) is 0 Å². The first-order valence-corrected chi connectivity index (χ1v) is 6.00. The standard InChI is InChI=1S/C14H12N4O2/c1-8-12(14(20)18-17-8)13(10(6-15)7-16)9-3-2-4-11(19)5-9/h2-5,10,12-13,19H,1H3,(H,18,20)/t12-,13+/m1/s1. The van der Waals surface area contributed by atoms with Crippen molar-refractivity contribution in [2.24, 2.45) is 16.9 Å². The Morgan fingerprint density at radius 2 is 2.10 bits per heavy atom. The Labute approximate surface area is 116 Å². The summed E-state index contributed by atoms with van der Waals surface area (Å²) in [5.41, 5.74) is 3.45. The number of carbonyl (C=O) groups excluding carboxylic acids is 1. The molecule has 0 radical (unpaired) electrons. The van der Waals surface area contributed by atoms with Gasteiger partial charge in [0.25, 0.3) is 0 Å². The number of phenols is 1. The number of amides is 1. The number of aromatic hydroxyl groups is 1. The molecule has 0 saturated heterocycles. The summed E-state index contributed by atoms with van der Waals surface area (Å²) in [4.78, 5) is 11.9. The molecular weight excluding hydrogens is 256 g/mol. The van der Waals surface area contributed by atoms with Crippen LogP contribution in [-0.4, -0.2) is 16.7 Å². The van der Waals surface area contributed by atoms with Gasteiger partial charge in [-0.05, 0) is 24.6 Å². The average molecular weight is 268 g/mol. The SMILES string of the molecule is CC1=NNC(=O)[C@H]1[C@@H](c1cccc(O)c1)C(C#N)C#N. The molecule has 0 fully saturated rings. The molecule has 2 rings (SSSR count). The smallest absolute Gasteiger partial charge is 0.249 e. The average Bonchev–Trinajstić information content (AvgIpc) is 2.76. The molecule has 0 unspecified atom stereocenters. The van der Waals surface area contributed by atoms with Crippen molar-refractivity contribution in [3.05, 3.63) is 29.8 Å². The molecule has 2 atom stereocenters. The van der Waals surface area contributed by atoms with Crippen molar-refractivity contribution < 1.29 is 9.90 Å². The predicted octanol–water partition coefficient (Wildman–Crippen LogP) is 1.26. The van der Waals surface area contributed by atoms with Gasteiger partial charge in [0.1, 0.15) is 11.7 Å². The minimum atomic E-state index is -1.00. The van der Waals surface area contributed by atoms with Crippen LogP contribution in [0.2, 0.25) is 0 Å². The molecule has 0 saturated carbocycles. The fraction of sp³-hybridized carbons (Fsp3) is 0.286. The highest BCUT2D eigenvalue weighted by Crippen LogP contribution is 2.36. The molecular formula is C14H12N4O2. The normalized spacial score (nSPS) is 18.9. The highest BCUT2D eigenvalue weighted by molar-refractivity contribution is 6.07. The van der Waals surface area contributed by atoms with E-state index in [0.29, 0.717) is 11.3 Å². The fourth-order valence-corrected chi connectivity index (χ4v) is 2.39. The summed E-state index contributed by atoms with van der Waals surface area (Å²) in [5, 5.41) is 31.7. The molecule has 1 aromatic rings. The lowest BCUT2D eigenvalue weighted by atomic mass is 9.76. The summed E-state index contributed by atoms with van der Waals surface area (Å²) in [5.74, 6) is -2.67. The Kier molecular flexibility index (Phi) is 3.67. The second-order valence-corrected chi connectivity index (χ2v) is 4.56. The molecule has 2 N–H and O–H groups in total. The van der Waals surface area contributed by atoms with Crippen LogP contribution in [0, 0.1) is 34.5 Å². The van der Waals surface area contributed by atoms with Crippen molar-refractivity contribution in [1.82, 2.24) is 5.43 Å². The van der Waals surface area contributed by atoms with E-state index < -0.39 is 17.8 Å². The van der Waals surface area contributed by atoms with Gasteiger partial charge in [0, 0.05) is 11.6 Å². The van der Waals surface area contributed by atoms with Crippen molar-refractivity contribution in [3.63, 3.8) is 0 Å². The van der Waals surface area contributed by atoms with Crippen molar-refractivity contribution in [2.45, 2.75) is 12.8 Å². The van der Waals surface area contributed by atoms with Crippen molar-refractivity contribution in [3.8, 4) is 17.9 Å². The molecule has 0 spiro atoms. The Morgan fingerprint density at radius 3 is 2.60 bits per heavy atom. The summed E-state index contributed by atoms with van der Waals surface area (Å²) in [6.07, 6.45) is 0. The van der Waals surface area contributed by atoms with E-state index in [4.69, 9.17) is 10.5 Å². The zero-order chi connectivity index (χ0) is 14.7. The first-order valence-electron chi connectivity index (χ1n) is 6.00. The van der Waals surface area contributed by atoms with Crippen LogP contribution in [0.5, 0.6) is 5.75 Å². The molecule has 0 aromatic heterocycles. The van der Waals surface area contributed by atoms with E-state index in [0.717, 1.165) is 0 Å². The van der Waals surface area contributed by atoms with Crippen molar-refractivity contribution >= 4 is 11.6 Å². The van der Waals surface area contributed by atoms with Gasteiger partial charge in [-0.2, -0.15) is 15.6 Å². The second-order valence-electron chi connectivity index (χ2n) is 4.56. The van der Waals surface area contributed by atoms with Gasteiger partial charge < -0.3 is 5.11 Å². The zero-order valence-corrected chi connectivity index (χ0v) is 10.7. The summed E-state index contributed by atoms with van der Waals surface area (Å²) in [6.45, 7) is 1.67. The van der Waals surface area contributed by atoms with Crippen LogP contribution in [0.15, 0.2) is 29.4 Å². The number of phenolic OH excluding ortho intramolecular Hbond substituents is 1. The van der Waals surface area contributed by atoms with Gasteiger partial charge in [-0.1, -0.05) is 12.1 Å². The maximum absolute atomic E-state index is 11.9. The summed E-state index contributed by atoms with van der Waals surface area (Å²) >= 11 is 0. The summed E-state index contributed by atoms with van der Waals surface area (Å²) in [7, 11) is 0. The summed E-state index contributed by atoms with van der Waals surface area (Å²) in [6, 6.07) is 10.1. The molecule has 1 aromatic carbocycles. The van der Waals surface area contributed by atoms with Crippen LogP contribution in [0.1, 0.15) is 18.4 Å². The van der Waals surface area contributed by atoms with E-state index in [1.54, 1.807) is 19.1 Å². The van der Waals surface area contributed by atoms with Gasteiger partial charge in [-0.25, -0.2) is 5.43 Å². The lowest BCUT2D eigenvalue weighted by Crippen LogP contribution is -2.32. The molecule has 1 aliphatic rings. The summed E-state index contributed by atoms with van der Waals surface area (Å²) < 4.78 is 0. The second kappa shape index (κ2) is 5.41. The maximum atomic E-state index is 11.9. The molecule has 6 nitrogen and oxygen atoms in total. The predicted molar refractivity (Wildman–Crippen MR) is 70.3 cm³/mol. The van der Waals surface area contributed by atoms with E-state index in [9.17, 15) is 9.90 Å². The monoisotopic (exact) mass is 268 g/mol. The molecule has 1 amide bonds. The minimum absolute atomic E-state index is 0.0233. The lowest BCUT2D eigenvalue weighted by Gasteiger charge is -2.23.